The van der Waals surface area contributed by atoms with Crippen molar-refractivity contribution in [2.45, 2.75) is 16.2 Å². The number of nitrogens with one attached hydrogen (secondary N) is 1. The molecule has 0 fully saturated rings. The number of benzene rings is 2. The molecule has 0 saturated carbocycles. The van der Waals surface area contributed by atoms with Crippen molar-refractivity contribution in [3.63, 3.8) is 0 Å². The first kappa shape index (κ1) is 12.9. The minimum Gasteiger partial charge on any atom is -0.398 e. The van der Waals surface area contributed by atoms with Gasteiger partial charge in [-0.2, -0.15) is 0 Å². The zero-order valence-corrected chi connectivity index (χ0v) is 11.1. The molecule has 0 unspecified atom stereocenters. The van der Waals surface area contributed by atoms with Gasteiger partial charge in [0.05, 0.1) is 11.3 Å². The van der Waals surface area contributed by atoms with Crippen LogP contribution < -0.4 is 11.1 Å². The standard InChI is InChI=1S/C14H10F2N2OS/c15-8-1-2-9(16)12(5-8)20-13-6-11-7(3-10(13)17)4-14(19)18-11/h1-3,5-6H,4,17H2,(H,18,19). The maximum Gasteiger partial charge on any atom is 0.228 e. The van der Waals surface area contributed by atoms with Crippen LogP contribution in [0, 0.1) is 11.6 Å². The van der Waals surface area contributed by atoms with Crippen LogP contribution in [0.3, 0.4) is 0 Å². The molecule has 3 rings (SSSR count). The van der Waals surface area contributed by atoms with Crippen molar-refractivity contribution in [1.82, 2.24) is 0 Å². The maximum absolute atomic E-state index is 13.6. The number of amides is 1. The van der Waals surface area contributed by atoms with Crippen LogP contribution in [0.25, 0.3) is 0 Å². The summed E-state index contributed by atoms with van der Waals surface area (Å²) in [6, 6.07) is 6.62. The first-order valence-electron chi connectivity index (χ1n) is 5.88. The number of nitrogens with two attached hydrogens (primary N) is 1. The van der Waals surface area contributed by atoms with Crippen molar-refractivity contribution in [3.05, 3.63) is 47.5 Å². The smallest absolute Gasteiger partial charge is 0.228 e. The lowest BCUT2D eigenvalue weighted by atomic mass is 10.1. The van der Waals surface area contributed by atoms with E-state index in [9.17, 15) is 13.6 Å². The van der Waals surface area contributed by atoms with Gasteiger partial charge in [0.2, 0.25) is 5.91 Å². The molecule has 1 aliphatic heterocycles. The molecule has 6 heteroatoms. The molecule has 0 bridgehead atoms. The molecule has 0 aliphatic carbocycles. The quantitative estimate of drug-likeness (QED) is 0.836. The highest BCUT2D eigenvalue weighted by atomic mass is 32.2. The summed E-state index contributed by atoms with van der Waals surface area (Å²) in [7, 11) is 0. The Morgan fingerprint density at radius 3 is 2.75 bits per heavy atom. The molecule has 0 radical (unpaired) electrons. The summed E-state index contributed by atoms with van der Waals surface area (Å²) in [6.45, 7) is 0. The van der Waals surface area contributed by atoms with E-state index >= 15 is 0 Å². The highest BCUT2D eigenvalue weighted by Crippen LogP contribution is 2.38. The van der Waals surface area contributed by atoms with Gasteiger partial charge in [0.25, 0.3) is 0 Å². The van der Waals surface area contributed by atoms with Crippen molar-refractivity contribution in [3.8, 4) is 0 Å². The van der Waals surface area contributed by atoms with Gasteiger partial charge < -0.3 is 11.1 Å². The molecule has 0 spiro atoms. The van der Waals surface area contributed by atoms with Crippen LogP contribution in [0.1, 0.15) is 5.56 Å². The molecular formula is C14H10F2N2OS. The van der Waals surface area contributed by atoms with Crippen LogP contribution in [0.15, 0.2) is 40.1 Å². The maximum atomic E-state index is 13.6. The number of nitrogen functional groups attached to an aromatic ring is 1. The summed E-state index contributed by atoms with van der Waals surface area (Å²) in [5.74, 6) is -1.12. The molecule has 3 N–H and O–H groups in total. The molecule has 20 heavy (non-hydrogen) atoms. The zero-order chi connectivity index (χ0) is 14.3. The number of hydrogen-bond donors (Lipinski definition) is 2. The molecule has 1 amide bonds. The minimum atomic E-state index is -0.514. The van der Waals surface area contributed by atoms with Gasteiger partial charge in [-0.05, 0) is 35.9 Å². The summed E-state index contributed by atoms with van der Waals surface area (Å²) < 4.78 is 26.8. The lowest BCUT2D eigenvalue weighted by molar-refractivity contribution is -0.115. The van der Waals surface area contributed by atoms with Crippen LogP contribution in [0.2, 0.25) is 0 Å². The lowest BCUT2D eigenvalue weighted by Crippen LogP contribution is -2.03. The van der Waals surface area contributed by atoms with Crippen molar-refractivity contribution < 1.29 is 13.6 Å². The van der Waals surface area contributed by atoms with Crippen molar-refractivity contribution in [2.24, 2.45) is 0 Å². The summed E-state index contributed by atoms with van der Waals surface area (Å²) in [5, 5.41) is 2.70. The molecule has 0 aromatic heterocycles. The third-order valence-corrected chi connectivity index (χ3v) is 4.08. The fourth-order valence-electron chi connectivity index (χ4n) is 2.04. The Bertz CT molecular complexity index is 719. The molecule has 1 aliphatic rings. The Labute approximate surface area is 118 Å². The summed E-state index contributed by atoms with van der Waals surface area (Å²) in [6.07, 6.45) is 0.290. The lowest BCUT2D eigenvalue weighted by Gasteiger charge is -2.09. The second-order valence-corrected chi connectivity index (χ2v) is 5.53. The van der Waals surface area contributed by atoms with Crippen molar-refractivity contribution >= 4 is 29.0 Å². The van der Waals surface area contributed by atoms with E-state index in [1.807, 2.05) is 0 Å². The van der Waals surface area contributed by atoms with E-state index in [1.54, 1.807) is 12.1 Å². The fourth-order valence-corrected chi connectivity index (χ4v) is 2.96. The minimum absolute atomic E-state index is 0.0986. The Balaban J connectivity index is 1.97. The third-order valence-electron chi connectivity index (χ3n) is 2.97. The fraction of sp³-hybridized carbons (Fsp3) is 0.0714. The molecule has 2 aromatic carbocycles. The number of anilines is 2. The number of hydrogen-bond acceptors (Lipinski definition) is 3. The second kappa shape index (κ2) is 4.79. The van der Waals surface area contributed by atoms with Gasteiger partial charge in [0, 0.05) is 16.3 Å². The number of carbonyl (C=O) groups is 1. The summed E-state index contributed by atoms with van der Waals surface area (Å²) in [4.78, 5) is 12.0. The van der Waals surface area contributed by atoms with Gasteiger partial charge in [-0.1, -0.05) is 11.8 Å². The van der Waals surface area contributed by atoms with Crippen molar-refractivity contribution in [1.29, 1.82) is 0 Å². The highest BCUT2D eigenvalue weighted by Gasteiger charge is 2.20. The average Bonchev–Trinajstić information content (AvgIpc) is 2.73. The van der Waals surface area contributed by atoms with Gasteiger partial charge in [-0.25, -0.2) is 8.78 Å². The number of halogens is 2. The molecule has 1 heterocycles. The SMILES string of the molecule is Nc1cc2c(cc1Sc1cc(F)ccc1F)NC(=O)C2. The molecule has 3 nitrogen and oxygen atoms in total. The summed E-state index contributed by atoms with van der Waals surface area (Å²) >= 11 is 1.03. The average molecular weight is 292 g/mol. The monoisotopic (exact) mass is 292 g/mol. The van der Waals surface area contributed by atoms with Gasteiger partial charge in [0.15, 0.2) is 0 Å². The third kappa shape index (κ3) is 2.34. The molecule has 102 valence electrons. The number of rotatable bonds is 2. The molecule has 2 aromatic rings. The van der Waals surface area contributed by atoms with Gasteiger partial charge in [-0.15, -0.1) is 0 Å². The van der Waals surface area contributed by atoms with Crippen LogP contribution in [-0.4, -0.2) is 5.91 Å². The van der Waals surface area contributed by atoms with E-state index in [1.165, 1.54) is 0 Å². The Kier molecular flexibility index (Phi) is 3.10. The number of carbonyl (C=O) groups excluding carboxylic acids is 1. The van der Waals surface area contributed by atoms with E-state index in [4.69, 9.17) is 5.73 Å². The Morgan fingerprint density at radius 1 is 1.15 bits per heavy atom. The normalized spacial score (nSPS) is 13.2. The van der Waals surface area contributed by atoms with Crippen LogP contribution in [0.4, 0.5) is 20.2 Å². The van der Waals surface area contributed by atoms with Crippen molar-refractivity contribution in [2.75, 3.05) is 11.1 Å². The molecule has 0 saturated heterocycles. The first-order chi connectivity index (χ1) is 9.52. The molecular weight excluding hydrogens is 282 g/mol. The predicted molar refractivity (Wildman–Crippen MR) is 73.7 cm³/mol. The Morgan fingerprint density at radius 2 is 1.95 bits per heavy atom. The molecule has 0 atom stereocenters. The van der Waals surface area contributed by atoms with E-state index in [2.05, 4.69) is 5.32 Å². The van der Waals surface area contributed by atoms with Crippen LogP contribution >= 0.6 is 11.8 Å². The largest absolute Gasteiger partial charge is 0.398 e. The highest BCUT2D eigenvalue weighted by molar-refractivity contribution is 7.99. The first-order valence-corrected chi connectivity index (χ1v) is 6.70. The van der Waals surface area contributed by atoms with E-state index in [0.29, 0.717) is 22.7 Å². The van der Waals surface area contributed by atoms with E-state index in [-0.39, 0.29) is 10.8 Å². The van der Waals surface area contributed by atoms with Crippen LogP contribution in [-0.2, 0) is 11.2 Å². The van der Waals surface area contributed by atoms with Gasteiger partial charge >= 0.3 is 0 Å². The van der Waals surface area contributed by atoms with Gasteiger partial charge in [0.1, 0.15) is 11.6 Å². The zero-order valence-electron chi connectivity index (χ0n) is 10.2. The topological polar surface area (TPSA) is 55.1 Å². The van der Waals surface area contributed by atoms with E-state index in [0.717, 1.165) is 35.5 Å². The summed E-state index contributed by atoms with van der Waals surface area (Å²) in [5.41, 5.74) is 7.82. The van der Waals surface area contributed by atoms with Gasteiger partial charge in [-0.3, -0.25) is 4.79 Å². The van der Waals surface area contributed by atoms with E-state index < -0.39 is 11.6 Å². The van der Waals surface area contributed by atoms with Crippen LogP contribution in [0.5, 0.6) is 0 Å². The number of fused-ring (bicyclic) bond motifs is 1. The second-order valence-electron chi connectivity index (χ2n) is 4.45. The Hall–Kier alpha value is -2.08. The predicted octanol–water partition coefficient (Wildman–Crippen LogP) is 3.19.